The van der Waals surface area contributed by atoms with Crippen molar-refractivity contribution in [1.82, 2.24) is 0 Å². The van der Waals surface area contributed by atoms with Crippen LogP contribution in [0.3, 0.4) is 0 Å². The van der Waals surface area contributed by atoms with E-state index in [9.17, 15) is 18.4 Å². The van der Waals surface area contributed by atoms with Crippen LogP contribution in [0, 0.1) is 24.5 Å². The number of benzene rings is 2. The average Bonchev–Trinajstić information content (AvgIpc) is 2.91. The number of para-hydroxylation sites is 2. The van der Waals surface area contributed by atoms with Crippen molar-refractivity contribution in [2.75, 3.05) is 16.8 Å². The molecule has 1 unspecified atom stereocenters. The first-order valence-corrected chi connectivity index (χ1v) is 7.58. The fraction of sp³-hybridized carbons (Fsp3) is 0.222. The lowest BCUT2D eigenvalue weighted by Gasteiger charge is -2.18. The Hall–Kier alpha value is -2.76. The van der Waals surface area contributed by atoms with E-state index >= 15 is 0 Å². The van der Waals surface area contributed by atoms with E-state index in [0.29, 0.717) is 5.69 Å². The lowest BCUT2D eigenvalue weighted by atomic mass is 10.1. The molecule has 0 bridgehead atoms. The molecule has 2 aromatic rings. The van der Waals surface area contributed by atoms with Gasteiger partial charge in [0.1, 0.15) is 17.3 Å². The highest BCUT2D eigenvalue weighted by Crippen LogP contribution is 2.30. The second-order valence-electron chi connectivity index (χ2n) is 5.78. The van der Waals surface area contributed by atoms with Gasteiger partial charge in [-0.2, -0.15) is 0 Å². The summed E-state index contributed by atoms with van der Waals surface area (Å²) in [6, 6.07) is 10.7. The summed E-state index contributed by atoms with van der Waals surface area (Å²) in [6.45, 7) is 1.81. The molecule has 1 heterocycles. The maximum absolute atomic E-state index is 13.9. The molecule has 1 N–H and O–H groups in total. The van der Waals surface area contributed by atoms with Gasteiger partial charge in [-0.1, -0.05) is 24.3 Å². The van der Waals surface area contributed by atoms with E-state index in [1.807, 2.05) is 19.1 Å². The third kappa shape index (κ3) is 2.99. The minimum Gasteiger partial charge on any atom is -0.326 e. The molecule has 0 spiro atoms. The molecule has 0 radical (unpaired) electrons. The monoisotopic (exact) mass is 330 g/mol. The van der Waals surface area contributed by atoms with Crippen LogP contribution in [0.2, 0.25) is 0 Å². The summed E-state index contributed by atoms with van der Waals surface area (Å²) in [5, 5.41) is 2.77. The first-order chi connectivity index (χ1) is 11.5. The number of amides is 2. The Kier molecular flexibility index (Phi) is 4.29. The van der Waals surface area contributed by atoms with Crippen molar-refractivity contribution in [3.05, 3.63) is 59.7 Å². The largest absolute Gasteiger partial charge is 0.326 e. The fourth-order valence-corrected chi connectivity index (χ4v) is 2.79. The van der Waals surface area contributed by atoms with Crippen molar-refractivity contribution in [2.45, 2.75) is 13.3 Å². The van der Waals surface area contributed by atoms with Crippen LogP contribution in [0.5, 0.6) is 0 Å². The third-order valence-corrected chi connectivity index (χ3v) is 4.11. The van der Waals surface area contributed by atoms with Crippen LogP contribution in [-0.4, -0.2) is 18.4 Å². The molecular formula is C18H16F2N2O2. The first-order valence-electron chi connectivity index (χ1n) is 7.58. The van der Waals surface area contributed by atoms with Crippen LogP contribution in [0.1, 0.15) is 12.0 Å². The number of rotatable bonds is 3. The minimum absolute atomic E-state index is 0.0472. The van der Waals surface area contributed by atoms with Crippen molar-refractivity contribution < 1.29 is 18.4 Å². The topological polar surface area (TPSA) is 49.4 Å². The number of hydrogen-bond acceptors (Lipinski definition) is 2. The van der Waals surface area contributed by atoms with Crippen LogP contribution in [0.25, 0.3) is 0 Å². The molecule has 0 aromatic heterocycles. The van der Waals surface area contributed by atoms with Crippen molar-refractivity contribution in [1.29, 1.82) is 0 Å². The maximum atomic E-state index is 13.9. The standard InChI is InChI=1S/C18H16F2N2O2/c1-11-5-2-3-8-15(11)21-18(24)12-9-16(23)22(10-12)17-13(19)6-4-7-14(17)20/h2-8,12H,9-10H2,1H3,(H,21,24). The molecule has 0 aliphatic carbocycles. The predicted octanol–water partition coefficient (Wildman–Crippen LogP) is 3.26. The number of anilines is 2. The molecule has 0 saturated carbocycles. The van der Waals surface area contributed by atoms with Crippen molar-refractivity contribution >= 4 is 23.2 Å². The molecule has 1 atom stereocenters. The lowest BCUT2D eigenvalue weighted by Crippen LogP contribution is -2.29. The zero-order chi connectivity index (χ0) is 17.3. The van der Waals surface area contributed by atoms with Crippen molar-refractivity contribution in [2.24, 2.45) is 5.92 Å². The zero-order valence-electron chi connectivity index (χ0n) is 13.1. The highest BCUT2D eigenvalue weighted by atomic mass is 19.1. The lowest BCUT2D eigenvalue weighted by molar-refractivity contribution is -0.122. The third-order valence-electron chi connectivity index (χ3n) is 4.11. The van der Waals surface area contributed by atoms with Crippen LogP contribution in [0.4, 0.5) is 20.2 Å². The van der Waals surface area contributed by atoms with Gasteiger partial charge in [0.2, 0.25) is 11.8 Å². The Balaban J connectivity index is 1.77. The van der Waals surface area contributed by atoms with Gasteiger partial charge < -0.3 is 10.2 Å². The van der Waals surface area contributed by atoms with Gasteiger partial charge in [-0.15, -0.1) is 0 Å². The Labute approximate surface area is 138 Å². The Morgan fingerprint density at radius 1 is 1.12 bits per heavy atom. The molecule has 1 aliphatic heterocycles. The zero-order valence-corrected chi connectivity index (χ0v) is 13.1. The summed E-state index contributed by atoms with van der Waals surface area (Å²) in [6.07, 6.45) is -0.0779. The quantitative estimate of drug-likeness (QED) is 0.939. The van der Waals surface area contributed by atoms with Gasteiger partial charge in [-0.25, -0.2) is 8.78 Å². The van der Waals surface area contributed by atoms with Crippen LogP contribution in [-0.2, 0) is 9.59 Å². The van der Waals surface area contributed by atoms with Gasteiger partial charge in [-0.3, -0.25) is 9.59 Å². The number of halogens is 2. The smallest absolute Gasteiger partial charge is 0.229 e. The van der Waals surface area contributed by atoms with Crippen LogP contribution >= 0.6 is 0 Å². The molecule has 3 rings (SSSR count). The summed E-state index contributed by atoms with van der Waals surface area (Å²) >= 11 is 0. The number of aryl methyl sites for hydroxylation is 1. The average molecular weight is 330 g/mol. The van der Waals surface area contributed by atoms with E-state index in [0.717, 1.165) is 22.6 Å². The molecule has 1 saturated heterocycles. The number of carbonyl (C=O) groups excluding carboxylic acids is 2. The molecule has 1 aliphatic rings. The number of nitrogens with zero attached hydrogens (tertiary/aromatic N) is 1. The van der Waals surface area contributed by atoms with Crippen molar-refractivity contribution in [3.8, 4) is 0 Å². The molecule has 6 heteroatoms. The van der Waals surface area contributed by atoms with Gasteiger partial charge >= 0.3 is 0 Å². The van der Waals surface area contributed by atoms with E-state index in [1.165, 1.54) is 6.07 Å². The van der Waals surface area contributed by atoms with E-state index in [4.69, 9.17) is 0 Å². The summed E-state index contributed by atoms with van der Waals surface area (Å²) in [5.74, 6) is -3.09. The molecule has 4 nitrogen and oxygen atoms in total. The number of carbonyl (C=O) groups is 2. The SMILES string of the molecule is Cc1ccccc1NC(=O)C1CC(=O)N(c2c(F)cccc2F)C1. The second-order valence-corrected chi connectivity index (χ2v) is 5.78. The van der Waals surface area contributed by atoms with E-state index in [2.05, 4.69) is 5.32 Å². The van der Waals surface area contributed by atoms with Gasteiger partial charge in [0, 0.05) is 18.7 Å². The first kappa shape index (κ1) is 16.1. The fourth-order valence-electron chi connectivity index (χ4n) is 2.79. The molecule has 1 fully saturated rings. The normalized spacial score (nSPS) is 17.2. The van der Waals surface area contributed by atoms with Crippen LogP contribution < -0.4 is 10.2 Å². The summed E-state index contributed by atoms with van der Waals surface area (Å²) in [7, 11) is 0. The summed E-state index contributed by atoms with van der Waals surface area (Å²) in [5.41, 5.74) is 1.16. The van der Waals surface area contributed by atoms with Gasteiger partial charge in [0.15, 0.2) is 0 Å². The van der Waals surface area contributed by atoms with Crippen LogP contribution in [0.15, 0.2) is 42.5 Å². The van der Waals surface area contributed by atoms with Crippen molar-refractivity contribution in [3.63, 3.8) is 0 Å². The van der Waals surface area contributed by atoms with E-state index in [1.54, 1.807) is 12.1 Å². The molecule has 124 valence electrons. The molecule has 2 aromatic carbocycles. The van der Waals surface area contributed by atoms with E-state index in [-0.39, 0.29) is 18.9 Å². The van der Waals surface area contributed by atoms with Gasteiger partial charge in [-0.05, 0) is 30.7 Å². The minimum atomic E-state index is -0.816. The molecule has 24 heavy (non-hydrogen) atoms. The van der Waals surface area contributed by atoms with Gasteiger partial charge in [0.05, 0.1) is 5.92 Å². The van der Waals surface area contributed by atoms with Gasteiger partial charge in [0.25, 0.3) is 0 Å². The molecular weight excluding hydrogens is 314 g/mol. The number of nitrogens with one attached hydrogen (secondary N) is 1. The highest BCUT2D eigenvalue weighted by molar-refractivity contribution is 6.03. The Bertz CT molecular complexity index is 787. The predicted molar refractivity (Wildman–Crippen MR) is 86.6 cm³/mol. The number of hydrogen-bond donors (Lipinski definition) is 1. The highest BCUT2D eigenvalue weighted by Gasteiger charge is 2.37. The maximum Gasteiger partial charge on any atom is 0.229 e. The second kappa shape index (κ2) is 6.39. The molecule has 2 amide bonds. The summed E-state index contributed by atoms with van der Waals surface area (Å²) < 4.78 is 27.7. The summed E-state index contributed by atoms with van der Waals surface area (Å²) in [4.78, 5) is 25.5. The Morgan fingerprint density at radius 3 is 2.46 bits per heavy atom. The Morgan fingerprint density at radius 2 is 1.79 bits per heavy atom. The van der Waals surface area contributed by atoms with E-state index < -0.39 is 29.1 Å².